The molecule has 111 valence electrons. The molecule has 2 heteroatoms. The second kappa shape index (κ2) is 19.5. The summed E-state index contributed by atoms with van der Waals surface area (Å²) in [5.41, 5.74) is 0. The largest absolute Gasteiger partial charge is 2.00 e. The molecule has 0 fully saturated rings. The van der Waals surface area contributed by atoms with Gasteiger partial charge in [0.15, 0.2) is 0 Å². The Kier molecular flexibility index (Phi) is 20.2. The molecule has 0 heterocycles. The predicted octanol–water partition coefficient (Wildman–Crippen LogP) is 5.62. The fraction of sp³-hybridized carbons (Fsp3) is 0. The van der Waals surface area contributed by atoms with Crippen molar-refractivity contribution < 1.29 is 35.9 Å². The van der Waals surface area contributed by atoms with E-state index >= 15 is 0 Å². The summed E-state index contributed by atoms with van der Waals surface area (Å²) in [7, 11) is 0. The molecule has 0 saturated heterocycles. The summed E-state index contributed by atoms with van der Waals surface area (Å²) in [6.07, 6.45) is 0. The average Bonchev–Trinajstić information content (AvgIpc) is 3.40. The van der Waals surface area contributed by atoms with Gasteiger partial charge in [-0.2, -0.15) is 72.8 Å². The van der Waals surface area contributed by atoms with Crippen molar-refractivity contribution in [2.24, 2.45) is 0 Å². The van der Waals surface area contributed by atoms with E-state index in [4.69, 9.17) is 0 Å². The van der Waals surface area contributed by atoms with Gasteiger partial charge in [0.25, 0.3) is 0 Å². The van der Waals surface area contributed by atoms with Gasteiger partial charge in [0, 0.05) is 0 Å². The van der Waals surface area contributed by atoms with Crippen molar-refractivity contribution >= 4 is 0 Å². The van der Waals surface area contributed by atoms with Crippen molar-refractivity contribution in [3.8, 4) is 0 Å². The molecule has 0 saturated carbocycles. The molecule has 0 aliphatic carbocycles. The van der Waals surface area contributed by atoms with E-state index in [1.807, 2.05) is 121 Å². The van der Waals surface area contributed by atoms with Crippen molar-refractivity contribution in [1.82, 2.24) is 0 Å². The molecule has 4 aromatic rings. The fourth-order valence-electron chi connectivity index (χ4n) is 1.28. The Bertz CT molecular complexity index is 343. The summed E-state index contributed by atoms with van der Waals surface area (Å²) in [5.74, 6) is 0. The van der Waals surface area contributed by atoms with Crippen LogP contribution in [0, 0.1) is 0 Å². The Morgan fingerprint density at radius 3 is 0.500 bits per heavy atom. The van der Waals surface area contributed by atoms with E-state index in [1.54, 1.807) is 0 Å². The first kappa shape index (κ1) is 22.8. The molecule has 22 heavy (non-hydrogen) atoms. The molecule has 0 aliphatic rings. The average molecular weight is 363 g/mol. The van der Waals surface area contributed by atoms with Crippen LogP contribution in [-0.4, -0.2) is 0 Å². The molecule has 1 radical (unpaired) electrons. The SMILES string of the molecule is [Cr+2].[V+2].c1cc[cH-]c1.c1cc[cH-]c1.c1cc[cH-]c1.c1cc[cH-]c1. The maximum Gasteiger partial charge on any atom is 2.00 e. The van der Waals surface area contributed by atoms with E-state index in [2.05, 4.69) is 0 Å². The van der Waals surface area contributed by atoms with Crippen LogP contribution in [0.5, 0.6) is 0 Å². The van der Waals surface area contributed by atoms with Crippen LogP contribution in [0.2, 0.25) is 0 Å². The monoisotopic (exact) mass is 363 g/mol. The first-order valence-corrected chi connectivity index (χ1v) is 6.67. The van der Waals surface area contributed by atoms with Gasteiger partial charge < -0.3 is 0 Å². The molecule has 0 aromatic heterocycles. The first-order chi connectivity index (χ1) is 10.0. The van der Waals surface area contributed by atoms with E-state index in [-0.39, 0.29) is 35.9 Å². The standard InChI is InChI=1S/4C5H5.Cr.V/c4*1-2-4-5-3-1;;/h4*1-5H;;/q4*-1;2*+2. The van der Waals surface area contributed by atoms with Crippen molar-refractivity contribution in [3.63, 3.8) is 0 Å². The van der Waals surface area contributed by atoms with E-state index in [0.717, 1.165) is 0 Å². The van der Waals surface area contributed by atoms with Crippen LogP contribution in [0.15, 0.2) is 121 Å². The molecule has 0 N–H and O–H groups in total. The Balaban J connectivity index is 0. The third kappa shape index (κ3) is 16.6. The normalized spacial score (nSPS) is 7.27. The maximum atomic E-state index is 2.00. The Morgan fingerprint density at radius 1 is 0.318 bits per heavy atom. The summed E-state index contributed by atoms with van der Waals surface area (Å²) in [6.45, 7) is 0. The summed E-state index contributed by atoms with van der Waals surface area (Å²) >= 11 is 0. The molecule has 4 aromatic carbocycles. The van der Waals surface area contributed by atoms with Crippen molar-refractivity contribution in [3.05, 3.63) is 121 Å². The Hall–Kier alpha value is -1.48. The third-order valence-corrected chi connectivity index (χ3v) is 2.22. The van der Waals surface area contributed by atoms with Crippen LogP contribution in [-0.2, 0) is 35.9 Å². The molecule has 0 amide bonds. The van der Waals surface area contributed by atoms with Crippen LogP contribution >= 0.6 is 0 Å². The summed E-state index contributed by atoms with van der Waals surface area (Å²) < 4.78 is 0. The molecule has 0 bridgehead atoms. The quantitative estimate of drug-likeness (QED) is 0.356. The number of hydrogen-bond donors (Lipinski definition) is 0. The molecule has 0 spiro atoms. The van der Waals surface area contributed by atoms with Crippen molar-refractivity contribution in [1.29, 1.82) is 0 Å². The van der Waals surface area contributed by atoms with Gasteiger partial charge in [0.1, 0.15) is 0 Å². The predicted molar refractivity (Wildman–Crippen MR) is 88.1 cm³/mol. The fourth-order valence-corrected chi connectivity index (χ4v) is 1.28. The van der Waals surface area contributed by atoms with E-state index in [1.165, 1.54) is 0 Å². The number of hydrogen-bond acceptors (Lipinski definition) is 0. The van der Waals surface area contributed by atoms with E-state index < -0.39 is 0 Å². The van der Waals surface area contributed by atoms with Crippen LogP contribution in [0.4, 0.5) is 0 Å². The molecule has 0 nitrogen and oxygen atoms in total. The minimum atomic E-state index is 0. The molecule has 0 aliphatic heterocycles. The van der Waals surface area contributed by atoms with Gasteiger partial charge in [-0.05, 0) is 0 Å². The maximum absolute atomic E-state index is 2.00. The van der Waals surface area contributed by atoms with Crippen LogP contribution in [0.1, 0.15) is 0 Å². The summed E-state index contributed by atoms with van der Waals surface area (Å²) in [6, 6.07) is 40.0. The summed E-state index contributed by atoms with van der Waals surface area (Å²) in [4.78, 5) is 0. The van der Waals surface area contributed by atoms with Crippen LogP contribution in [0.3, 0.4) is 0 Å². The molecular formula is C20H20CrV. The van der Waals surface area contributed by atoms with Gasteiger partial charge in [-0.1, -0.05) is 0 Å². The molecular weight excluding hydrogens is 343 g/mol. The number of rotatable bonds is 0. The molecule has 4 rings (SSSR count). The van der Waals surface area contributed by atoms with Gasteiger partial charge >= 0.3 is 35.9 Å². The Morgan fingerprint density at radius 2 is 0.455 bits per heavy atom. The smallest absolute Gasteiger partial charge is 0.214 e. The molecule has 0 atom stereocenters. The van der Waals surface area contributed by atoms with Gasteiger partial charge in [-0.15, -0.1) is 0 Å². The van der Waals surface area contributed by atoms with Crippen LogP contribution < -0.4 is 0 Å². The van der Waals surface area contributed by atoms with Crippen molar-refractivity contribution in [2.75, 3.05) is 0 Å². The van der Waals surface area contributed by atoms with Gasteiger partial charge in [0.2, 0.25) is 0 Å². The van der Waals surface area contributed by atoms with Crippen LogP contribution in [0.25, 0.3) is 0 Å². The van der Waals surface area contributed by atoms with Gasteiger partial charge in [0.05, 0.1) is 0 Å². The van der Waals surface area contributed by atoms with Crippen molar-refractivity contribution in [2.45, 2.75) is 0 Å². The molecule has 0 unspecified atom stereocenters. The minimum absolute atomic E-state index is 0. The van der Waals surface area contributed by atoms with E-state index in [0.29, 0.717) is 0 Å². The van der Waals surface area contributed by atoms with E-state index in [9.17, 15) is 0 Å². The second-order valence-corrected chi connectivity index (χ2v) is 3.85. The first-order valence-electron chi connectivity index (χ1n) is 6.67. The second-order valence-electron chi connectivity index (χ2n) is 3.85. The van der Waals surface area contributed by atoms with Gasteiger partial charge in [-0.25, -0.2) is 48.5 Å². The zero-order chi connectivity index (χ0) is 14.1. The third-order valence-electron chi connectivity index (χ3n) is 2.22. The summed E-state index contributed by atoms with van der Waals surface area (Å²) in [5, 5.41) is 0. The topological polar surface area (TPSA) is 0 Å². The van der Waals surface area contributed by atoms with Gasteiger partial charge in [-0.3, -0.25) is 0 Å². The zero-order valence-corrected chi connectivity index (χ0v) is 15.1. The minimum Gasteiger partial charge on any atom is -0.214 e. The Labute approximate surface area is 156 Å². The zero-order valence-electron chi connectivity index (χ0n) is 12.4.